The number of amides is 5. The fourth-order valence-corrected chi connectivity index (χ4v) is 6.23. The fraction of sp³-hybridized carbons (Fsp3) is 0.143. The number of hydrogen-bond acceptors (Lipinski definition) is 14. The van der Waals surface area contributed by atoms with Crippen LogP contribution < -0.4 is 26.6 Å². The number of pyridine rings is 2. The number of ether oxygens (including phenoxy) is 2. The van der Waals surface area contributed by atoms with Gasteiger partial charge in [-0.15, -0.1) is 0 Å². The van der Waals surface area contributed by atoms with E-state index < -0.39 is 17.8 Å². The minimum Gasteiger partial charge on any atom is -0.457 e. The summed E-state index contributed by atoms with van der Waals surface area (Å²) in [4.78, 5) is 106. The second-order valence-corrected chi connectivity index (χ2v) is 15.0. The molecule has 0 radical (unpaired) electrons. The number of ketones is 1. The van der Waals surface area contributed by atoms with Gasteiger partial charge in [0.2, 0.25) is 23.6 Å². The van der Waals surface area contributed by atoms with Crippen molar-refractivity contribution in [1.29, 1.82) is 0 Å². The lowest BCUT2D eigenvalue weighted by Gasteiger charge is -2.11. The Morgan fingerprint density at radius 2 is 0.779 bits per heavy atom. The molecule has 5 N–H and O–H groups in total. The number of aromatic nitrogens is 2. The molecule has 5 amide bonds. The first-order valence-corrected chi connectivity index (χ1v) is 20.7. The van der Waals surface area contributed by atoms with Gasteiger partial charge in [-0.25, -0.2) is 19.6 Å². The van der Waals surface area contributed by atoms with E-state index in [1.807, 2.05) is 0 Å². The van der Waals surface area contributed by atoms with Crippen molar-refractivity contribution < 1.29 is 47.8 Å². The predicted molar refractivity (Wildman–Crippen MR) is 250 cm³/mol. The van der Waals surface area contributed by atoms with Crippen LogP contribution in [0, 0.1) is 0 Å². The highest BCUT2D eigenvalue weighted by atomic mass is 16.5. The second kappa shape index (κ2) is 22.6. The van der Waals surface area contributed by atoms with Crippen LogP contribution in [0.5, 0.6) is 0 Å². The van der Waals surface area contributed by atoms with Crippen molar-refractivity contribution in [2.45, 2.75) is 47.3 Å². The maximum Gasteiger partial charge on any atom is 0.338 e. The molecule has 0 fully saturated rings. The summed E-state index contributed by atoms with van der Waals surface area (Å²) in [6.45, 7) is 4.94. The Hall–Kier alpha value is -9.26. The van der Waals surface area contributed by atoms with E-state index in [1.54, 1.807) is 84.9 Å². The van der Waals surface area contributed by atoms with Gasteiger partial charge < -0.3 is 36.1 Å². The minimum atomic E-state index is -0.638. The summed E-state index contributed by atoms with van der Waals surface area (Å²) in [6.07, 6.45) is 0.0767. The maximum absolute atomic E-state index is 13.1. The first-order chi connectivity index (χ1) is 32.5. The molecule has 19 heteroatoms. The number of azo groups is 1. The molecule has 4 aromatic carbocycles. The first-order valence-electron chi connectivity index (χ1n) is 20.7. The summed E-state index contributed by atoms with van der Waals surface area (Å²) < 4.78 is 10.9. The Kier molecular flexibility index (Phi) is 16.0. The Bertz CT molecular complexity index is 2650. The largest absolute Gasteiger partial charge is 0.457 e. The zero-order chi connectivity index (χ0) is 48.7. The number of benzene rings is 4. The summed E-state index contributed by atoms with van der Waals surface area (Å²) in [6, 6.07) is 31.6. The number of anilines is 5. The van der Waals surface area contributed by atoms with E-state index in [0.717, 1.165) is 0 Å². The third-order valence-electron chi connectivity index (χ3n) is 9.26. The van der Waals surface area contributed by atoms with Gasteiger partial charge in [0.15, 0.2) is 5.78 Å². The van der Waals surface area contributed by atoms with Gasteiger partial charge in [-0.3, -0.25) is 28.8 Å². The van der Waals surface area contributed by atoms with Crippen LogP contribution in [0.25, 0.3) is 0 Å². The molecule has 6 rings (SSSR count). The molecule has 2 heterocycles. The van der Waals surface area contributed by atoms with Gasteiger partial charge in [0.05, 0.1) is 22.5 Å². The van der Waals surface area contributed by atoms with Crippen LogP contribution >= 0.6 is 0 Å². The average Bonchev–Trinajstić information content (AvgIpc) is 3.29. The van der Waals surface area contributed by atoms with Crippen LogP contribution in [0.2, 0.25) is 0 Å². The molecule has 0 aliphatic heterocycles. The molecule has 68 heavy (non-hydrogen) atoms. The van der Waals surface area contributed by atoms with Crippen LogP contribution in [0.3, 0.4) is 0 Å². The summed E-state index contributed by atoms with van der Waals surface area (Å²) in [7, 11) is 0. The van der Waals surface area contributed by atoms with Gasteiger partial charge in [0.1, 0.15) is 36.5 Å². The quantitative estimate of drug-likeness (QED) is 0.0330. The number of Topliss-reactive ketones (excluding diaryl/α,β-unsaturated/α-hetero) is 1. The van der Waals surface area contributed by atoms with E-state index in [4.69, 9.17) is 9.47 Å². The van der Waals surface area contributed by atoms with Gasteiger partial charge in [-0.05, 0) is 126 Å². The van der Waals surface area contributed by atoms with E-state index in [0.29, 0.717) is 44.9 Å². The van der Waals surface area contributed by atoms with Gasteiger partial charge in [0, 0.05) is 50.9 Å². The highest BCUT2D eigenvalue weighted by Crippen LogP contribution is 2.23. The summed E-state index contributed by atoms with van der Waals surface area (Å²) in [5.74, 6) is -2.52. The van der Waals surface area contributed by atoms with E-state index in [1.165, 1.54) is 64.1 Å². The zero-order valence-corrected chi connectivity index (χ0v) is 37.0. The van der Waals surface area contributed by atoms with Crippen LogP contribution in [-0.2, 0) is 48.3 Å². The molecule has 0 saturated carbocycles. The molecular formula is C49H43N9O10. The maximum atomic E-state index is 13.1. The van der Waals surface area contributed by atoms with E-state index in [9.17, 15) is 38.4 Å². The van der Waals surface area contributed by atoms with Gasteiger partial charge in [0.25, 0.3) is 5.91 Å². The van der Waals surface area contributed by atoms with Crippen molar-refractivity contribution in [1.82, 2.24) is 9.97 Å². The van der Waals surface area contributed by atoms with Crippen molar-refractivity contribution in [3.8, 4) is 0 Å². The highest BCUT2D eigenvalue weighted by molar-refractivity contribution is 6.04. The smallest absolute Gasteiger partial charge is 0.338 e. The second-order valence-electron chi connectivity index (χ2n) is 15.0. The molecule has 0 bridgehead atoms. The molecule has 0 atom stereocenters. The van der Waals surface area contributed by atoms with Crippen molar-refractivity contribution in [2.75, 3.05) is 26.6 Å². The summed E-state index contributed by atoms with van der Waals surface area (Å²) >= 11 is 0. The lowest BCUT2D eigenvalue weighted by molar-refractivity contribution is -0.115. The Balaban J connectivity index is 0.953. The molecule has 0 spiro atoms. The number of carbonyl (C=O) groups is 8. The zero-order valence-electron chi connectivity index (χ0n) is 37.0. The molecule has 19 nitrogen and oxygen atoms in total. The number of rotatable bonds is 17. The number of nitrogens with one attached hydrogen (secondary N) is 5. The lowest BCUT2D eigenvalue weighted by Crippen LogP contribution is -2.13. The molecule has 0 saturated heterocycles. The molecule has 0 unspecified atom stereocenters. The number of carbonyl (C=O) groups excluding carboxylic acids is 8. The minimum absolute atomic E-state index is 0.0767. The van der Waals surface area contributed by atoms with Crippen molar-refractivity contribution in [3.05, 3.63) is 160 Å². The van der Waals surface area contributed by atoms with Gasteiger partial charge >= 0.3 is 11.9 Å². The molecular weight excluding hydrogens is 875 g/mol. The first kappa shape index (κ1) is 48.2. The van der Waals surface area contributed by atoms with Crippen molar-refractivity contribution in [2.24, 2.45) is 10.2 Å². The van der Waals surface area contributed by atoms with Crippen LogP contribution in [0.1, 0.15) is 85.8 Å². The number of esters is 2. The molecule has 344 valence electrons. The summed E-state index contributed by atoms with van der Waals surface area (Å²) in [5, 5.41) is 21.4. The number of nitrogens with zero attached hydrogens (tertiary/aromatic N) is 4. The predicted octanol–water partition coefficient (Wildman–Crippen LogP) is 8.12. The van der Waals surface area contributed by atoms with E-state index >= 15 is 0 Å². The molecule has 0 aliphatic carbocycles. The topological polar surface area (TPSA) is 266 Å². The summed E-state index contributed by atoms with van der Waals surface area (Å²) in [5.41, 5.74) is 4.33. The lowest BCUT2D eigenvalue weighted by atomic mass is 10.0. The van der Waals surface area contributed by atoms with Crippen molar-refractivity contribution >= 4 is 87.6 Å². The number of hydrogen-bond donors (Lipinski definition) is 5. The van der Waals surface area contributed by atoms with E-state index in [2.05, 4.69) is 46.8 Å². The Morgan fingerprint density at radius 3 is 1.16 bits per heavy atom. The van der Waals surface area contributed by atoms with Gasteiger partial charge in [-0.2, -0.15) is 10.2 Å². The SMILES string of the molecule is CC(=O)Nc1cc(COC(=O)c2ccc(CC(=O)c3ccc(N=Nc4ccc(C(=O)Nc5ccc(C(=O)OCc6cc(NC(C)=O)nc(NC(C)=O)c6)cc5)cc4)cc3)cc2)cc(NC(C)=O)n1. The average molecular weight is 918 g/mol. The van der Waals surface area contributed by atoms with Crippen LogP contribution in [0.15, 0.2) is 132 Å². The highest BCUT2D eigenvalue weighted by Gasteiger charge is 2.15. The Morgan fingerprint density at radius 1 is 0.426 bits per heavy atom. The molecule has 6 aromatic rings. The molecule has 2 aromatic heterocycles. The molecule has 0 aliphatic rings. The third-order valence-corrected chi connectivity index (χ3v) is 9.26. The normalized spacial score (nSPS) is 10.6. The monoisotopic (exact) mass is 917 g/mol. The Labute approximate surface area is 388 Å². The fourth-order valence-electron chi connectivity index (χ4n) is 6.23. The third kappa shape index (κ3) is 14.6. The van der Waals surface area contributed by atoms with Gasteiger partial charge in [-0.1, -0.05) is 12.1 Å². The van der Waals surface area contributed by atoms with Crippen LogP contribution in [-0.4, -0.2) is 57.2 Å². The van der Waals surface area contributed by atoms with Crippen LogP contribution in [0.4, 0.5) is 40.3 Å². The van der Waals surface area contributed by atoms with Crippen molar-refractivity contribution in [3.63, 3.8) is 0 Å². The van der Waals surface area contributed by atoms with E-state index in [-0.39, 0.29) is 83.4 Å². The standard InChI is InChI=1S/C49H43N9O10/c1-28(59)50-43-22-33(23-44(55-43)51-29(2)60)26-67-48(65)37-7-5-32(6-8-37)21-42(63)35-9-17-40(18-10-35)57-58-41-19-11-36(12-20-41)47(64)54-39-15-13-38(14-16-39)49(66)68-27-34-24-45(52-30(3)61)56-46(25-34)53-31(4)62/h5-20,22-25H,21,26-27H2,1-4H3,(H,54,64)(H2,50,51,55,59,60)(H2,52,53,56,61,62).